The van der Waals surface area contributed by atoms with Crippen LogP contribution in [0.1, 0.15) is 10.4 Å². The van der Waals surface area contributed by atoms with Gasteiger partial charge in [0, 0.05) is 17.7 Å². The van der Waals surface area contributed by atoms with Gasteiger partial charge in [-0.3, -0.25) is 4.79 Å². The number of carbonyl (C=O) groups is 1. The Hall–Kier alpha value is -0.860. The number of hydrogen-bond acceptors (Lipinski definition) is 2. The molecule has 1 rings (SSSR count). The van der Waals surface area contributed by atoms with Crippen molar-refractivity contribution in [1.29, 1.82) is 0 Å². The van der Waals surface area contributed by atoms with Crippen LogP contribution in [0.5, 0.6) is 0 Å². The Labute approximate surface area is 76.1 Å². The van der Waals surface area contributed by atoms with Crippen molar-refractivity contribution in [3.05, 3.63) is 34.9 Å². The normalized spacial score (nSPS) is 9.83. The summed E-state index contributed by atoms with van der Waals surface area (Å²) in [6.07, 6.45) is 0. The summed E-state index contributed by atoms with van der Waals surface area (Å²) in [6, 6.07) is 6.81. The zero-order chi connectivity index (χ0) is 8.97. The van der Waals surface area contributed by atoms with Crippen LogP contribution < -0.4 is 0 Å². The Morgan fingerprint density at radius 2 is 2.33 bits per heavy atom. The minimum atomic E-state index is -0.0556. The van der Waals surface area contributed by atoms with Gasteiger partial charge in [0.05, 0.1) is 0 Å². The fourth-order valence-electron chi connectivity index (χ4n) is 0.876. The number of Topliss-reactive ketones (excluding diaryl/α,β-unsaturated/α-hetero) is 1. The molecule has 0 saturated heterocycles. The third-order valence-corrected chi connectivity index (χ3v) is 1.66. The van der Waals surface area contributed by atoms with E-state index in [4.69, 9.17) is 16.3 Å². The number of halogens is 1. The Balaban J connectivity index is 2.81. The van der Waals surface area contributed by atoms with Crippen LogP contribution in [0.4, 0.5) is 0 Å². The summed E-state index contributed by atoms with van der Waals surface area (Å²) >= 11 is 5.70. The second-order valence-electron chi connectivity index (χ2n) is 2.37. The largest absolute Gasteiger partial charge is 0.377 e. The van der Waals surface area contributed by atoms with Gasteiger partial charge in [-0.25, -0.2) is 0 Å². The highest BCUT2D eigenvalue weighted by Gasteiger charge is 2.04. The number of ether oxygens (including phenoxy) is 1. The van der Waals surface area contributed by atoms with E-state index in [1.54, 1.807) is 24.3 Å². The van der Waals surface area contributed by atoms with E-state index >= 15 is 0 Å². The molecule has 0 amide bonds. The first-order valence-electron chi connectivity index (χ1n) is 3.51. The zero-order valence-electron chi connectivity index (χ0n) is 6.71. The van der Waals surface area contributed by atoms with Gasteiger partial charge in [-0.1, -0.05) is 23.7 Å². The summed E-state index contributed by atoms with van der Waals surface area (Å²) in [7, 11) is 1.49. The molecule has 0 bridgehead atoms. The highest BCUT2D eigenvalue weighted by Crippen LogP contribution is 2.10. The smallest absolute Gasteiger partial charge is 0.188 e. The van der Waals surface area contributed by atoms with Crippen molar-refractivity contribution in [3.8, 4) is 0 Å². The molecule has 1 aromatic carbocycles. The molecule has 0 aliphatic carbocycles. The summed E-state index contributed by atoms with van der Waals surface area (Å²) in [5.41, 5.74) is 0.587. The van der Waals surface area contributed by atoms with E-state index in [1.165, 1.54) is 7.11 Å². The lowest BCUT2D eigenvalue weighted by Gasteiger charge is -1.98. The molecule has 12 heavy (non-hydrogen) atoms. The molecule has 0 heterocycles. The maximum absolute atomic E-state index is 11.2. The van der Waals surface area contributed by atoms with Gasteiger partial charge in [-0.15, -0.1) is 0 Å². The summed E-state index contributed by atoms with van der Waals surface area (Å²) in [5, 5.41) is 0.567. The van der Waals surface area contributed by atoms with E-state index in [2.05, 4.69) is 0 Å². The monoisotopic (exact) mass is 184 g/mol. The molecule has 0 aliphatic rings. The number of hydrogen-bond donors (Lipinski definition) is 0. The second-order valence-corrected chi connectivity index (χ2v) is 2.80. The van der Waals surface area contributed by atoms with Crippen LogP contribution in [-0.4, -0.2) is 19.5 Å². The van der Waals surface area contributed by atoms with E-state index in [0.29, 0.717) is 10.6 Å². The summed E-state index contributed by atoms with van der Waals surface area (Å²) in [6.45, 7) is 0.0976. The van der Waals surface area contributed by atoms with Crippen LogP contribution in [0, 0.1) is 0 Å². The van der Waals surface area contributed by atoms with Gasteiger partial charge in [0.2, 0.25) is 0 Å². The van der Waals surface area contributed by atoms with Gasteiger partial charge in [0.25, 0.3) is 0 Å². The van der Waals surface area contributed by atoms with Crippen molar-refractivity contribution in [2.45, 2.75) is 0 Å². The van der Waals surface area contributed by atoms with E-state index < -0.39 is 0 Å². The van der Waals surface area contributed by atoms with E-state index in [0.717, 1.165) is 0 Å². The van der Waals surface area contributed by atoms with Crippen molar-refractivity contribution < 1.29 is 9.53 Å². The van der Waals surface area contributed by atoms with E-state index in [9.17, 15) is 4.79 Å². The molecule has 0 spiro atoms. The highest BCUT2D eigenvalue weighted by atomic mass is 35.5. The Morgan fingerprint density at radius 3 is 2.92 bits per heavy atom. The SMILES string of the molecule is COCC(=O)c1cccc(Cl)c1. The fraction of sp³-hybridized carbons (Fsp3) is 0.222. The average Bonchev–Trinajstić information content (AvgIpc) is 2.05. The average molecular weight is 185 g/mol. The van der Waals surface area contributed by atoms with Crippen molar-refractivity contribution >= 4 is 17.4 Å². The standard InChI is InChI=1S/C9H9ClO2/c1-12-6-9(11)7-3-2-4-8(10)5-7/h2-5H,6H2,1H3. The Kier molecular flexibility index (Phi) is 3.26. The summed E-state index contributed by atoms with van der Waals surface area (Å²) in [5.74, 6) is -0.0556. The molecule has 2 nitrogen and oxygen atoms in total. The lowest BCUT2D eigenvalue weighted by atomic mass is 10.1. The van der Waals surface area contributed by atoms with Crippen molar-refractivity contribution in [2.75, 3.05) is 13.7 Å². The molecular formula is C9H9ClO2. The lowest BCUT2D eigenvalue weighted by Crippen LogP contribution is -2.06. The molecule has 0 radical (unpaired) electrons. The first-order chi connectivity index (χ1) is 5.74. The first kappa shape index (κ1) is 9.23. The molecule has 0 aliphatic heterocycles. The molecule has 0 aromatic heterocycles. The molecule has 3 heteroatoms. The molecule has 0 fully saturated rings. The van der Waals surface area contributed by atoms with E-state index in [-0.39, 0.29) is 12.4 Å². The van der Waals surface area contributed by atoms with Crippen LogP contribution in [0.2, 0.25) is 5.02 Å². The topological polar surface area (TPSA) is 26.3 Å². The fourth-order valence-corrected chi connectivity index (χ4v) is 1.07. The van der Waals surface area contributed by atoms with Gasteiger partial charge in [0.1, 0.15) is 6.61 Å². The van der Waals surface area contributed by atoms with Crippen LogP contribution in [0.25, 0.3) is 0 Å². The third kappa shape index (κ3) is 2.32. The quantitative estimate of drug-likeness (QED) is 0.673. The van der Waals surface area contributed by atoms with Gasteiger partial charge in [-0.2, -0.15) is 0 Å². The Morgan fingerprint density at radius 1 is 1.58 bits per heavy atom. The maximum Gasteiger partial charge on any atom is 0.188 e. The molecule has 0 N–H and O–H groups in total. The number of methoxy groups -OCH3 is 1. The Bertz CT molecular complexity index is 284. The number of rotatable bonds is 3. The first-order valence-corrected chi connectivity index (χ1v) is 3.89. The number of ketones is 1. The van der Waals surface area contributed by atoms with Crippen molar-refractivity contribution in [1.82, 2.24) is 0 Å². The van der Waals surface area contributed by atoms with Crippen molar-refractivity contribution in [3.63, 3.8) is 0 Å². The third-order valence-electron chi connectivity index (χ3n) is 1.42. The predicted octanol–water partition coefficient (Wildman–Crippen LogP) is 2.17. The molecular weight excluding hydrogens is 176 g/mol. The summed E-state index contributed by atoms with van der Waals surface area (Å²) < 4.78 is 4.71. The highest BCUT2D eigenvalue weighted by molar-refractivity contribution is 6.31. The minimum absolute atomic E-state index is 0.0556. The number of benzene rings is 1. The maximum atomic E-state index is 11.2. The lowest BCUT2D eigenvalue weighted by molar-refractivity contribution is 0.0848. The van der Waals surface area contributed by atoms with Crippen LogP contribution in [0.3, 0.4) is 0 Å². The van der Waals surface area contributed by atoms with Crippen molar-refractivity contribution in [2.24, 2.45) is 0 Å². The van der Waals surface area contributed by atoms with Crippen LogP contribution in [-0.2, 0) is 4.74 Å². The van der Waals surface area contributed by atoms with Crippen LogP contribution in [0.15, 0.2) is 24.3 Å². The summed E-state index contributed by atoms with van der Waals surface area (Å²) in [4.78, 5) is 11.2. The zero-order valence-corrected chi connectivity index (χ0v) is 7.47. The predicted molar refractivity (Wildman–Crippen MR) is 47.7 cm³/mol. The molecule has 1 aromatic rings. The molecule has 0 atom stereocenters. The van der Waals surface area contributed by atoms with Gasteiger partial charge in [-0.05, 0) is 12.1 Å². The van der Waals surface area contributed by atoms with E-state index in [1.807, 2.05) is 0 Å². The van der Waals surface area contributed by atoms with Gasteiger partial charge in [0.15, 0.2) is 5.78 Å². The van der Waals surface area contributed by atoms with Gasteiger partial charge < -0.3 is 4.74 Å². The molecule has 64 valence electrons. The molecule has 0 unspecified atom stereocenters. The molecule has 0 saturated carbocycles. The minimum Gasteiger partial charge on any atom is -0.377 e. The second kappa shape index (κ2) is 4.24. The number of carbonyl (C=O) groups excluding carboxylic acids is 1. The van der Waals surface area contributed by atoms with Crippen LogP contribution >= 0.6 is 11.6 Å². The van der Waals surface area contributed by atoms with Gasteiger partial charge >= 0.3 is 0 Å².